The molecule has 2 saturated heterocycles. The summed E-state index contributed by atoms with van der Waals surface area (Å²) >= 11 is 0. The van der Waals surface area contributed by atoms with Crippen LogP contribution in [0.3, 0.4) is 0 Å². The highest BCUT2D eigenvalue weighted by molar-refractivity contribution is 5.73. The van der Waals surface area contributed by atoms with Gasteiger partial charge in [0.1, 0.15) is 5.75 Å². The number of aromatic hydroxyl groups is 1. The molecule has 3 atom stereocenters. The van der Waals surface area contributed by atoms with Crippen LogP contribution in [0.5, 0.6) is 5.75 Å². The fourth-order valence-electron chi connectivity index (χ4n) is 4.68. The minimum atomic E-state index is -2.64. The van der Waals surface area contributed by atoms with Crippen LogP contribution in [0.2, 0.25) is 0 Å². The summed E-state index contributed by atoms with van der Waals surface area (Å²) in [6.07, 6.45) is 4.55. The van der Waals surface area contributed by atoms with Crippen LogP contribution in [0.25, 0.3) is 22.4 Å². The van der Waals surface area contributed by atoms with Crippen LogP contribution >= 0.6 is 0 Å². The number of benzene rings is 1. The Hall–Kier alpha value is -3.07. The van der Waals surface area contributed by atoms with Gasteiger partial charge in [0.2, 0.25) is 0 Å². The van der Waals surface area contributed by atoms with Gasteiger partial charge in [0.25, 0.3) is 5.92 Å². The third kappa shape index (κ3) is 3.63. The van der Waals surface area contributed by atoms with E-state index >= 15 is 0 Å². The second-order valence-electron chi connectivity index (χ2n) is 8.53. The van der Waals surface area contributed by atoms with Gasteiger partial charge in [-0.05, 0) is 42.7 Å². The van der Waals surface area contributed by atoms with E-state index in [0.717, 1.165) is 11.1 Å². The van der Waals surface area contributed by atoms with E-state index in [1.807, 2.05) is 37.3 Å². The SMILES string of the molecule is CN(c1ccc(-c2ccc(-c3cnn(C)c3)cc2O)nn1)[C@H]1C[C@@H]2CC(F)(F)[C@@H](C1)N2. The molecule has 2 aromatic heterocycles. The molecule has 0 unspecified atom stereocenters. The lowest BCUT2D eigenvalue weighted by Gasteiger charge is -2.36. The van der Waals surface area contributed by atoms with E-state index in [0.29, 0.717) is 29.9 Å². The van der Waals surface area contributed by atoms with Crippen molar-refractivity contribution in [3.05, 3.63) is 42.7 Å². The molecule has 2 fully saturated rings. The van der Waals surface area contributed by atoms with Gasteiger partial charge < -0.3 is 15.3 Å². The lowest BCUT2D eigenvalue weighted by atomic mass is 9.98. The van der Waals surface area contributed by atoms with E-state index in [1.54, 1.807) is 29.1 Å². The van der Waals surface area contributed by atoms with E-state index in [-0.39, 0.29) is 24.3 Å². The molecule has 5 rings (SSSR count). The maximum atomic E-state index is 14.0. The number of alkyl halides is 2. The standard InChI is InChI=1S/C22H24F2N6O/c1-29-12-14(11-25-29)13-3-4-17(19(31)7-13)18-5-6-21(28-27-18)30(2)16-8-15-10-22(23,24)20(9-16)26-15/h3-7,11-12,15-16,20,26,31H,8-10H2,1-2H3/t15-,16+,20-/m1/s1. The van der Waals surface area contributed by atoms with Crippen molar-refractivity contribution in [1.29, 1.82) is 0 Å². The van der Waals surface area contributed by atoms with E-state index in [9.17, 15) is 13.9 Å². The van der Waals surface area contributed by atoms with Gasteiger partial charge in [0, 0.05) is 49.9 Å². The highest BCUT2D eigenvalue weighted by Crippen LogP contribution is 2.41. The van der Waals surface area contributed by atoms with Gasteiger partial charge >= 0.3 is 0 Å². The zero-order valence-electron chi connectivity index (χ0n) is 17.3. The summed E-state index contributed by atoms with van der Waals surface area (Å²) in [4.78, 5) is 1.93. The molecule has 0 amide bonds. The molecule has 9 heteroatoms. The van der Waals surface area contributed by atoms with Crippen LogP contribution in [0.15, 0.2) is 42.7 Å². The van der Waals surface area contributed by atoms with Crippen LogP contribution < -0.4 is 10.2 Å². The van der Waals surface area contributed by atoms with Crippen molar-refractivity contribution in [3.63, 3.8) is 0 Å². The predicted molar refractivity (Wildman–Crippen MR) is 113 cm³/mol. The minimum Gasteiger partial charge on any atom is -0.507 e. The molecule has 162 valence electrons. The van der Waals surface area contributed by atoms with E-state index in [1.165, 1.54) is 0 Å². The predicted octanol–water partition coefficient (Wildman–Crippen LogP) is 3.21. The number of rotatable bonds is 4. The molecular formula is C22H24F2N6O. The third-order valence-electron chi connectivity index (χ3n) is 6.40. The Balaban J connectivity index is 1.33. The number of phenolic OH excluding ortho intramolecular Hbond substituents is 1. The first kappa shape index (κ1) is 19.9. The Bertz CT molecular complexity index is 1100. The van der Waals surface area contributed by atoms with Crippen molar-refractivity contribution in [2.45, 2.75) is 43.3 Å². The number of anilines is 1. The van der Waals surface area contributed by atoms with Crippen molar-refractivity contribution < 1.29 is 13.9 Å². The Morgan fingerprint density at radius 3 is 2.65 bits per heavy atom. The van der Waals surface area contributed by atoms with Gasteiger partial charge in [-0.25, -0.2) is 8.78 Å². The lowest BCUT2D eigenvalue weighted by Crippen LogP contribution is -2.49. The summed E-state index contributed by atoms with van der Waals surface area (Å²) in [7, 11) is 3.71. The Labute approximate surface area is 178 Å². The molecule has 0 aliphatic carbocycles. The van der Waals surface area contributed by atoms with Crippen molar-refractivity contribution >= 4 is 5.82 Å². The summed E-state index contributed by atoms with van der Waals surface area (Å²) in [5.74, 6) is -1.91. The quantitative estimate of drug-likeness (QED) is 0.667. The molecule has 0 spiro atoms. The Kier molecular flexibility index (Phi) is 4.65. The molecule has 1 aromatic carbocycles. The third-order valence-corrected chi connectivity index (χ3v) is 6.40. The average molecular weight is 426 g/mol. The average Bonchev–Trinajstić information content (AvgIpc) is 3.27. The largest absolute Gasteiger partial charge is 0.507 e. The van der Waals surface area contributed by atoms with Crippen LogP contribution in [0.4, 0.5) is 14.6 Å². The van der Waals surface area contributed by atoms with Crippen molar-refractivity contribution in [2.75, 3.05) is 11.9 Å². The number of aryl methyl sites for hydroxylation is 1. The van der Waals surface area contributed by atoms with Crippen molar-refractivity contribution in [1.82, 2.24) is 25.3 Å². The van der Waals surface area contributed by atoms with Gasteiger partial charge in [0.15, 0.2) is 5.82 Å². The highest BCUT2D eigenvalue weighted by atomic mass is 19.3. The van der Waals surface area contributed by atoms with Gasteiger partial charge in [-0.1, -0.05) is 6.07 Å². The normalized spacial score (nSPS) is 24.3. The first-order chi connectivity index (χ1) is 14.8. The van der Waals surface area contributed by atoms with Crippen molar-refractivity contribution in [2.24, 2.45) is 7.05 Å². The number of fused-ring (bicyclic) bond motifs is 2. The summed E-state index contributed by atoms with van der Waals surface area (Å²) < 4.78 is 29.7. The molecule has 3 aromatic rings. The number of nitrogens with zero attached hydrogens (tertiary/aromatic N) is 5. The fourth-order valence-corrected chi connectivity index (χ4v) is 4.68. The molecule has 2 aliphatic rings. The zero-order chi connectivity index (χ0) is 21.8. The smallest absolute Gasteiger partial charge is 0.264 e. The number of phenols is 1. The molecule has 0 saturated carbocycles. The lowest BCUT2D eigenvalue weighted by molar-refractivity contribution is -0.0128. The Morgan fingerprint density at radius 1 is 1.16 bits per heavy atom. The van der Waals surface area contributed by atoms with E-state index < -0.39 is 12.0 Å². The zero-order valence-corrected chi connectivity index (χ0v) is 17.3. The second-order valence-corrected chi connectivity index (χ2v) is 8.53. The topological polar surface area (TPSA) is 79.1 Å². The second kappa shape index (κ2) is 7.26. The molecule has 4 heterocycles. The number of piperidine rings is 1. The van der Waals surface area contributed by atoms with E-state index in [4.69, 9.17) is 0 Å². The fraction of sp³-hybridized carbons (Fsp3) is 0.409. The maximum Gasteiger partial charge on any atom is 0.264 e. The highest BCUT2D eigenvalue weighted by Gasteiger charge is 2.53. The number of aromatic nitrogens is 4. The van der Waals surface area contributed by atoms with Crippen molar-refractivity contribution in [3.8, 4) is 28.1 Å². The number of nitrogens with one attached hydrogen (secondary N) is 1. The van der Waals surface area contributed by atoms with Gasteiger partial charge in [-0.2, -0.15) is 5.10 Å². The number of hydrogen-bond donors (Lipinski definition) is 2. The molecule has 7 nitrogen and oxygen atoms in total. The van der Waals surface area contributed by atoms with Crippen LogP contribution in [0.1, 0.15) is 19.3 Å². The Morgan fingerprint density at radius 2 is 2.00 bits per heavy atom. The number of halogens is 2. The first-order valence-electron chi connectivity index (χ1n) is 10.3. The molecule has 2 bridgehead atoms. The summed E-state index contributed by atoms with van der Waals surface area (Å²) in [5, 5.41) is 26.3. The molecule has 31 heavy (non-hydrogen) atoms. The number of hydrogen-bond acceptors (Lipinski definition) is 6. The van der Waals surface area contributed by atoms with Gasteiger partial charge in [0.05, 0.1) is 17.9 Å². The monoisotopic (exact) mass is 426 g/mol. The van der Waals surface area contributed by atoms with Crippen LogP contribution in [0, 0.1) is 0 Å². The van der Waals surface area contributed by atoms with Gasteiger partial charge in [-0.3, -0.25) is 4.68 Å². The maximum absolute atomic E-state index is 14.0. The van der Waals surface area contributed by atoms with E-state index in [2.05, 4.69) is 20.6 Å². The first-order valence-corrected chi connectivity index (χ1v) is 10.3. The molecule has 2 N–H and O–H groups in total. The summed E-state index contributed by atoms with van der Waals surface area (Å²) in [6, 6.07) is 8.04. The van der Waals surface area contributed by atoms with Gasteiger partial charge in [-0.15, -0.1) is 10.2 Å². The van der Waals surface area contributed by atoms with Crippen LogP contribution in [-0.2, 0) is 7.05 Å². The molecule has 2 aliphatic heterocycles. The molecular weight excluding hydrogens is 402 g/mol. The summed E-state index contributed by atoms with van der Waals surface area (Å²) in [5.41, 5.74) is 2.89. The minimum absolute atomic E-state index is 0.0167. The summed E-state index contributed by atoms with van der Waals surface area (Å²) in [6.45, 7) is 0. The molecule has 0 radical (unpaired) electrons. The van der Waals surface area contributed by atoms with Crippen LogP contribution in [-0.4, -0.2) is 56.2 Å².